The van der Waals surface area contributed by atoms with Crippen molar-refractivity contribution < 1.29 is 9.53 Å². The number of benzene rings is 1. The summed E-state index contributed by atoms with van der Waals surface area (Å²) in [5, 5.41) is 3.32. The van der Waals surface area contributed by atoms with E-state index in [1.807, 2.05) is 25.3 Å². The highest BCUT2D eigenvalue weighted by Crippen LogP contribution is 2.42. The molecule has 0 radical (unpaired) electrons. The van der Waals surface area contributed by atoms with Crippen LogP contribution in [0, 0.1) is 12.8 Å². The molecule has 1 atom stereocenters. The summed E-state index contributed by atoms with van der Waals surface area (Å²) in [5.74, 6) is 1.28. The van der Waals surface area contributed by atoms with Crippen molar-refractivity contribution in [1.29, 1.82) is 0 Å². The van der Waals surface area contributed by atoms with Gasteiger partial charge >= 0.3 is 0 Å². The third-order valence-electron chi connectivity index (χ3n) is 6.41. The molecule has 1 aromatic carbocycles. The number of aryl methyl sites for hydroxylation is 1. The number of nitrogens with zero attached hydrogens (tertiary/aromatic N) is 2. The van der Waals surface area contributed by atoms with Gasteiger partial charge in [0.15, 0.2) is 5.75 Å². The smallest absolute Gasteiger partial charge is 0.255 e. The molecule has 2 aromatic rings. The van der Waals surface area contributed by atoms with E-state index in [1.54, 1.807) is 0 Å². The molecule has 5 heterocycles. The standard InChI is InChI=1S/C22H27N3O2/c1-14-11-16(21(26)23-17-13-24-9-6-15(17)7-10-24)20-18(12-14)25-8-4-5-19(25)22(2,3)27-20/h4-5,8,11-12,15,17H,6-7,9-10,13H2,1-3H3,(H,23,26). The maximum atomic E-state index is 13.3. The lowest BCUT2D eigenvalue weighted by molar-refractivity contribution is 0.0606. The van der Waals surface area contributed by atoms with Crippen LogP contribution < -0.4 is 10.1 Å². The van der Waals surface area contributed by atoms with Crippen LogP contribution in [0.5, 0.6) is 5.75 Å². The van der Waals surface area contributed by atoms with Crippen LogP contribution in [0.2, 0.25) is 0 Å². The number of aromatic nitrogens is 1. The minimum absolute atomic E-state index is 0.0138. The van der Waals surface area contributed by atoms with Crippen LogP contribution in [0.4, 0.5) is 0 Å². The number of fused-ring (bicyclic) bond motifs is 6. The molecular weight excluding hydrogens is 338 g/mol. The monoisotopic (exact) mass is 365 g/mol. The Hall–Kier alpha value is -2.27. The van der Waals surface area contributed by atoms with Crippen LogP contribution in [-0.4, -0.2) is 41.1 Å². The Morgan fingerprint density at radius 2 is 2.04 bits per heavy atom. The minimum Gasteiger partial charge on any atom is -0.479 e. The second-order valence-electron chi connectivity index (χ2n) is 8.75. The van der Waals surface area contributed by atoms with Crippen molar-refractivity contribution in [2.24, 2.45) is 5.92 Å². The lowest BCUT2D eigenvalue weighted by atomic mass is 9.84. The molecule has 0 spiro atoms. The molecule has 142 valence electrons. The topological polar surface area (TPSA) is 46.5 Å². The average molecular weight is 365 g/mol. The van der Waals surface area contributed by atoms with E-state index in [-0.39, 0.29) is 11.9 Å². The first-order valence-corrected chi connectivity index (χ1v) is 9.97. The second kappa shape index (κ2) is 5.86. The van der Waals surface area contributed by atoms with E-state index in [4.69, 9.17) is 4.74 Å². The maximum Gasteiger partial charge on any atom is 0.255 e. The van der Waals surface area contributed by atoms with E-state index >= 15 is 0 Å². The molecule has 3 fully saturated rings. The van der Waals surface area contributed by atoms with Gasteiger partial charge in [-0.2, -0.15) is 0 Å². The maximum absolute atomic E-state index is 13.3. The molecule has 6 rings (SSSR count). The Morgan fingerprint density at radius 1 is 1.26 bits per heavy atom. The molecule has 3 saturated heterocycles. The zero-order chi connectivity index (χ0) is 18.8. The van der Waals surface area contributed by atoms with Gasteiger partial charge in [0.2, 0.25) is 0 Å². The number of ether oxygens (including phenoxy) is 1. The lowest BCUT2D eigenvalue weighted by Gasteiger charge is -2.45. The fourth-order valence-electron chi connectivity index (χ4n) is 4.97. The summed E-state index contributed by atoms with van der Waals surface area (Å²) in [4.78, 5) is 15.7. The van der Waals surface area contributed by atoms with Crippen LogP contribution in [0.15, 0.2) is 30.5 Å². The highest BCUT2D eigenvalue weighted by atomic mass is 16.5. The molecule has 1 N–H and O–H groups in total. The Bertz CT molecular complexity index is 906. The van der Waals surface area contributed by atoms with Gasteiger partial charge in [-0.05, 0) is 82.4 Å². The molecule has 27 heavy (non-hydrogen) atoms. The van der Waals surface area contributed by atoms with Crippen molar-refractivity contribution in [3.8, 4) is 11.4 Å². The highest BCUT2D eigenvalue weighted by molar-refractivity contribution is 5.98. The van der Waals surface area contributed by atoms with Gasteiger partial charge < -0.3 is 19.5 Å². The summed E-state index contributed by atoms with van der Waals surface area (Å²) in [7, 11) is 0. The van der Waals surface area contributed by atoms with Gasteiger partial charge in [0.1, 0.15) is 5.60 Å². The van der Waals surface area contributed by atoms with Crippen molar-refractivity contribution in [3.05, 3.63) is 47.3 Å². The molecular formula is C22H27N3O2. The first-order valence-electron chi connectivity index (χ1n) is 9.97. The van der Waals surface area contributed by atoms with E-state index < -0.39 is 5.60 Å². The Labute approximate surface area is 160 Å². The van der Waals surface area contributed by atoms with E-state index in [2.05, 4.69) is 40.8 Å². The van der Waals surface area contributed by atoms with Gasteiger partial charge in [0.25, 0.3) is 5.91 Å². The zero-order valence-electron chi connectivity index (χ0n) is 16.3. The number of nitrogens with one attached hydrogen (secondary N) is 1. The number of carbonyl (C=O) groups excluding carboxylic acids is 1. The first-order chi connectivity index (χ1) is 12.9. The fraction of sp³-hybridized carbons (Fsp3) is 0.500. The number of piperidine rings is 3. The lowest BCUT2D eigenvalue weighted by Crippen LogP contribution is -2.57. The van der Waals surface area contributed by atoms with Crippen molar-refractivity contribution in [3.63, 3.8) is 0 Å². The van der Waals surface area contributed by atoms with Crippen molar-refractivity contribution in [1.82, 2.24) is 14.8 Å². The van der Waals surface area contributed by atoms with E-state index in [0.717, 1.165) is 23.5 Å². The largest absolute Gasteiger partial charge is 0.479 e. The molecule has 0 aliphatic carbocycles. The molecule has 5 heteroatoms. The van der Waals surface area contributed by atoms with Gasteiger partial charge in [0.05, 0.1) is 16.9 Å². The quantitative estimate of drug-likeness (QED) is 0.889. The van der Waals surface area contributed by atoms with Crippen LogP contribution in [-0.2, 0) is 5.60 Å². The SMILES string of the molecule is Cc1cc(C(=O)NC2CN3CCC2CC3)c2c(c1)-n1cccc1C(C)(C)O2. The Balaban J connectivity index is 1.52. The van der Waals surface area contributed by atoms with E-state index in [9.17, 15) is 4.79 Å². The van der Waals surface area contributed by atoms with E-state index in [1.165, 1.54) is 25.9 Å². The van der Waals surface area contributed by atoms with Crippen LogP contribution >= 0.6 is 0 Å². The molecule has 1 aromatic heterocycles. The fourth-order valence-corrected chi connectivity index (χ4v) is 4.97. The second-order valence-corrected chi connectivity index (χ2v) is 8.75. The number of hydrogen-bond acceptors (Lipinski definition) is 3. The predicted molar refractivity (Wildman–Crippen MR) is 105 cm³/mol. The van der Waals surface area contributed by atoms with Gasteiger partial charge in [-0.3, -0.25) is 4.79 Å². The third kappa shape index (κ3) is 2.67. The van der Waals surface area contributed by atoms with Gasteiger partial charge in [-0.1, -0.05) is 0 Å². The Kier molecular flexibility index (Phi) is 3.66. The summed E-state index contributed by atoms with van der Waals surface area (Å²) in [6, 6.07) is 8.41. The first kappa shape index (κ1) is 16.9. The average Bonchev–Trinajstić information content (AvgIpc) is 3.14. The summed E-state index contributed by atoms with van der Waals surface area (Å²) < 4.78 is 8.52. The number of rotatable bonds is 2. The summed E-state index contributed by atoms with van der Waals surface area (Å²) in [5.41, 5.74) is 3.29. The van der Waals surface area contributed by atoms with Gasteiger partial charge in [-0.15, -0.1) is 0 Å². The van der Waals surface area contributed by atoms with Crippen molar-refractivity contribution >= 4 is 5.91 Å². The zero-order valence-corrected chi connectivity index (χ0v) is 16.3. The molecule has 4 aliphatic heterocycles. The van der Waals surface area contributed by atoms with Gasteiger partial charge in [-0.25, -0.2) is 0 Å². The van der Waals surface area contributed by atoms with Crippen molar-refractivity contribution in [2.75, 3.05) is 19.6 Å². The summed E-state index contributed by atoms with van der Waals surface area (Å²) in [6.07, 6.45) is 4.42. The summed E-state index contributed by atoms with van der Waals surface area (Å²) >= 11 is 0. The van der Waals surface area contributed by atoms with Crippen molar-refractivity contribution in [2.45, 2.75) is 45.3 Å². The van der Waals surface area contributed by atoms with Crippen LogP contribution in [0.1, 0.15) is 48.3 Å². The molecule has 1 unspecified atom stereocenters. The molecule has 2 bridgehead atoms. The highest BCUT2D eigenvalue weighted by Gasteiger charge is 2.38. The molecule has 5 nitrogen and oxygen atoms in total. The third-order valence-corrected chi connectivity index (χ3v) is 6.41. The van der Waals surface area contributed by atoms with E-state index in [0.29, 0.717) is 17.2 Å². The van der Waals surface area contributed by atoms with Crippen LogP contribution in [0.3, 0.4) is 0 Å². The predicted octanol–water partition coefficient (Wildman–Crippen LogP) is 3.24. The number of amides is 1. The molecule has 0 saturated carbocycles. The van der Waals surface area contributed by atoms with Gasteiger partial charge in [0, 0.05) is 18.8 Å². The number of carbonyl (C=O) groups is 1. The molecule has 4 aliphatic rings. The number of hydrogen-bond donors (Lipinski definition) is 1. The normalized spacial score (nSPS) is 27.4. The minimum atomic E-state index is -0.476. The molecule has 1 amide bonds. The summed E-state index contributed by atoms with van der Waals surface area (Å²) in [6.45, 7) is 9.45. The Morgan fingerprint density at radius 3 is 2.74 bits per heavy atom. The van der Waals surface area contributed by atoms with Crippen LogP contribution in [0.25, 0.3) is 5.69 Å².